The number of carbonyl (C=O) groups is 2. The Bertz CT molecular complexity index is 680. The van der Waals surface area contributed by atoms with Crippen LogP contribution in [0.5, 0.6) is 0 Å². The van der Waals surface area contributed by atoms with Crippen LogP contribution < -0.4 is 0 Å². The number of hydrogen-bond acceptors (Lipinski definition) is 7. The van der Waals surface area contributed by atoms with Crippen LogP contribution in [0.25, 0.3) is 0 Å². The van der Waals surface area contributed by atoms with Crippen molar-refractivity contribution in [1.82, 2.24) is 0 Å². The van der Waals surface area contributed by atoms with Gasteiger partial charge in [-0.2, -0.15) is 0 Å². The van der Waals surface area contributed by atoms with Gasteiger partial charge in [-0.3, -0.25) is 4.79 Å². The molecule has 0 atom stereocenters. The van der Waals surface area contributed by atoms with Crippen molar-refractivity contribution >= 4 is 11.8 Å². The molecule has 0 aromatic heterocycles. The third kappa shape index (κ3) is 22.7. The van der Waals surface area contributed by atoms with Gasteiger partial charge in [-0.15, -0.1) is 0 Å². The van der Waals surface area contributed by atoms with Gasteiger partial charge in [0.25, 0.3) is 5.78 Å². The van der Waals surface area contributed by atoms with Gasteiger partial charge in [0.1, 0.15) is 6.61 Å². The number of rotatable bonds is 29. The molecular formula is C32H54O7. The number of unbranched alkanes of at least 4 members (excludes halogenated alkanes) is 13. The number of ketones is 1. The number of ether oxygens (including phenoxy) is 5. The summed E-state index contributed by atoms with van der Waals surface area (Å²) >= 11 is 0. The fourth-order valence-corrected chi connectivity index (χ4v) is 4.13. The van der Waals surface area contributed by atoms with Crippen LogP contribution in [0.2, 0.25) is 0 Å². The standard InChI is InChI=1S/C32H54O7/c1-2-3-4-5-6-7-8-9-10-11-12-13-14-18-21-35-22-23-36-24-25-37-26-27-38-28-29-39-32(34)31(33)30-19-16-15-17-20-30/h15-17,19-20H,2-14,18,21-29H2,1H3. The van der Waals surface area contributed by atoms with E-state index in [1.165, 1.54) is 83.5 Å². The highest BCUT2D eigenvalue weighted by molar-refractivity contribution is 6.40. The Morgan fingerprint density at radius 2 is 0.872 bits per heavy atom. The quantitative estimate of drug-likeness (QED) is 0.0462. The zero-order valence-electron chi connectivity index (χ0n) is 24.5. The van der Waals surface area contributed by atoms with E-state index >= 15 is 0 Å². The molecule has 0 bridgehead atoms. The highest BCUT2D eigenvalue weighted by atomic mass is 16.6. The summed E-state index contributed by atoms with van der Waals surface area (Å²) in [7, 11) is 0. The Hall–Kier alpha value is -1.80. The van der Waals surface area contributed by atoms with E-state index in [9.17, 15) is 9.59 Å². The summed E-state index contributed by atoms with van der Waals surface area (Å²) in [6.07, 6.45) is 19.1. The number of benzene rings is 1. The molecule has 7 nitrogen and oxygen atoms in total. The van der Waals surface area contributed by atoms with E-state index < -0.39 is 11.8 Å². The molecule has 224 valence electrons. The van der Waals surface area contributed by atoms with E-state index in [0.29, 0.717) is 45.2 Å². The van der Waals surface area contributed by atoms with Crippen LogP contribution >= 0.6 is 0 Å². The third-order valence-corrected chi connectivity index (χ3v) is 6.44. The minimum absolute atomic E-state index is 0.0277. The smallest absolute Gasteiger partial charge is 0.379 e. The summed E-state index contributed by atoms with van der Waals surface area (Å²) in [4.78, 5) is 23.6. The van der Waals surface area contributed by atoms with Gasteiger partial charge in [-0.05, 0) is 6.42 Å². The molecule has 0 unspecified atom stereocenters. The summed E-state index contributed by atoms with van der Waals surface area (Å²) < 4.78 is 26.9. The second-order valence-electron chi connectivity index (χ2n) is 9.88. The van der Waals surface area contributed by atoms with Gasteiger partial charge in [-0.25, -0.2) is 4.79 Å². The van der Waals surface area contributed by atoms with Crippen LogP contribution in [0.4, 0.5) is 0 Å². The van der Waals surface area contributed by atoms with Crippen molar-refractivity contribution in [3.63, 3.8) is 0 Å². The van der Waals surface area contributed by atoms with Crippen molar-refractivity contribution in [3.05, 3.63) is 35.9 Å². The number of esters is 1. The first-order chi connectivity index (χ1) is 19.3. The molecule has 0 heterocycles. The summed E-state index contributed by atoms with van der Waals surface area (Å²) in [5, 5.41) is 0. The molecule has 0 aliphatic carbocycles. The SMILES string of the molecule is CCCCCCCCCCCCCCCCOCCOCCOCCOCCOC(=O)C(=O)c1ccccc1. The van der Waals surface area contributed by atoms with Crippen molar-refractivity contribution in [2.75, 3.05) is 59.5 Å². The maximum absolute atomic E-state index is 11.9. The van der Waals surface area contributed by atoms with E-state index in [0.717, 1.165) is 13.0 Å². The molecule has 7 heteroatoms. The normalized spacial score (nSPS) is 11.1. The van der Waals surface area contributed by atoms with Gasteiger partial charge in [0.05, 0.1) is 46.2 Å². The lowest BCUT2D eigenvalue weighted by atomic mass is 10.0. The van der Waals surface area contributed by atoms with Crippen molar-refractivity contribution < 1.29 is 33.3 Å². The van der Waals surface area contributed by atoms with E-state index in [4.69, 9.17) is 23.7 Å². The van der Waals surface area contributed by atoms with Crippen molar-refractivity contribution in [2.45, 2.75) is 96.8 Å². The molecule has 0 aliphatic heterocycles. The van der Waals surface area contributed by atoms with Crippen molar-refractivity contribution in [3.8, 4) is 0 Å². The highest BCUT2D eigenvalue weighted by Crippen LogP contribution is 2.13. The molecule has 0 spiro atoms. The predicted molar refractivity (Wildman–Crippen MR) is 155 cm³/mol. The predicted octanol–water partition coefficient (Wildman–Crippen LogP) is 6.96. The Morgan fingerprint density at radius 3 is 1.33 bits per heavy atom. The number of carbonyl (C=O) groups excluding carboxylic acids is 2. The van der Waals surface area contributed by atoms with Gasteiger partial charge in [0.15, 0.2) is 0 Å². The lowest BCUT2D eigenvalue weighted by molar-refractivity contribution is -0.139. The van der Waals surface area contributed by atoms with Gasteiger partial charge < -0.3 is 23.7 Å². The summed E-state index contributed by atoms with van der Waals surface area (Å²) in [6.45, 7) is 6.33. The van der Waals surface area contributed by atoms with Crippen LogP contribution in [-0.4, -0.2) is 71.2 Å². The summed E-state index contributed by atoms with van der Waals surface area (Å²) in [5.41, 5.74) is 0.315. The lowest BCUT2D eigenvalue weighted by Crippen LogP contribution is -2.20. The Morgan fingerprint density at radius 1 is 0.487 bits per heavy atom. The first kappa shape index (κ1) is 35.2. The highest BCUT2D eigenvalue weighted by Gasteiger charge is 2.17. The number of Topliss-reactive ketones (excluding diaryl/α,β-unsaturated/α-hetero) is 1. The van der Waals surface area contributed by atoms with Crippen molar-refractivity contribution in [2.24, 2.45) is 0 Å². The van der Waals surface area contributed by atoms with Crippen LogP contribution in [0, 0.1) is 0 Å². The van der Waals surface area contributed by atoms with Crippen LogP contribution in [0.1, 0.15) is 107 Å². The Kier molecular flexibility index (Phi) is 25.1. The zero-order chi connectivity index (χ0) is 28.1. The second-order valence-corrected chi connectivity index (χ2v) is 9.88. The maximum Gasteiger partial charge on any atom is 0.379 e. The molecule has 0 amide bonds. The molecule has 0 saturated carbocycles. The zero-order valence-corrected chi connectivity index (χ0v) is 24.5. The van der Waals surface area contributed by atoms with Gasteiger partial charge in [-0.1, -0.05) is 121 Å². The van der Waals surface area contributed by atoms with Crippen molar-refractivity contribution in [1.29, 1.82) is 0 Å². The van der Waals surface area contributed by atoms with Gasteiger partial charge in [0.2, 0.25) is 0 Å². The van der Waals surface area contributed by atoms with E-state index in [-0.39, 0.29) is 13.2 Å². The first-order valence-electron chi connectivity index (χ1n) is 15.3. The fourth-order valence-electron chi connectivity index (χ4n) is 4.13. The van der Waals surface area contributed by atoms with E-state index in [2.05, 4.69) is 6.92 Å². The monoisotopic (exact) mass is 550 g/mol. The molecule has 0 fully saturated rings. The van der Waals surface area contributed by atoms with Gasteiger partial charge in [0, 0.05) is 12.2 Å². The minimum atomic E-state index is -0.873. The second kappa shape index (κ2) is 27.8. The molecule has 0 aliphatic rings. The summed E-state index contributed by atoms with van der Waals surface area (Å²) in [6, 6.07) is 8.33. The minimum Gasteiger partial charge on any atom is -0.457 e. The molecule has 39 heavy (non-hydrogen) atoms. The van der Waals surface area contributed by atoms with Gasteiger partial charge >= 0.3 is 5.97 Å². The molecular weight excluding hydrogens is 496 g/mol. The fraction of sp³-hybridized carbons (Fsp3) is 0.750. The number of hydrogen-bond donors (Lipinski definition) is 0. The van der Waals surface area contributed by atoms with Crippen LogP contribution in [0.15, 0.2) is 30.3 Å². The molecule has 1 aromatic rings. The molecule has 0 saturated heterocycles. The van der Waals surface area contributed by atoms with Crippen LogP contribution in [0.3, 0.4) is 0 Å². The average molecular weight is 551 g/mol. The largest absolute Gasteiger partial charge is 0.457 e. The maximum atomic E-state index is 11.9. The first-order valence-corrected chi connectivity index (χ1v) is 15.3. The van der Waals surface area contributed by atoms with E-state index in [1.54, 1.807) is 30.3 Å². The van der Waals surface area contributed by atoms with E-state index in [1.807, 2.05) is 0 Å². The lowest BCUT2D eigenvalue weighted by Gasteiger charge is -2.08. The topological polar surface area (TPSA) is 80.3 Å². The Balaban J connectivity index is 1.70. The molecule has 0 N–H and O–H groups in total. The third-order valence-electron chi connectivity index (χ3n) is 6.44. The average Bonchev–Trinajstić information content (AvgIpc) is 2.96. The Labute approximate surface area is 237 Å². The molecule has 1 aromatic carbocycles. The van der Waals surface area contributed by atoms with Crippen LogP contribution in [-0.2, 0) is 28.5 Å². The molecule has 1 rings (SSSR count). The molecule has 0 radical (unpaired) electrons. The summed E-state index contributed by atoms with van der Waals surface area (Å²) in [5.74, 6) is -1.53.